The number of nitrogens with one attached hydrogen (secondary N) is 1. The molecule has 2 rings (SSSR count). The number of carbonyl (C=O) groups excluding carboxylic acids is 2. The SMILES string of the molecule is C[C@H](NC(=O)/C=C/c1ccccc1)C(=O)OCc1nc(N)nc(N)n1. The van der Waals surface area contributed by atoms with Crippen molar-refractivity contribution in [3.8, 4) is 0 Å². The molecule has 9 heteroatoms. The summed E-state index contributed by atoms with van der Waals surface area (Å²) in [4.78, 5) is 34.9. The van der Waals surface area contributed by atoms with Gasteiger partial charge in [-0.2, -0.15) is 15.0 Å². The highest BCUT2D eigenvalue weighted by Crippen LogP contribution is 2.02. The third-order valence-electron chi connectivity index (χ3n) is 3.00. The van der Waals surface area contributed by atoms with Crippen molar-refractivity contribution in [2.24, 2.45) is 0 Å². The van der Waals surface area contributed by atoms with Crippen molar-refractivity contribution in [3.63, 3.8) is 0 Å². The number of anilines is 2. The van der Waals surface area contributed by atoms with E-state index in [9.17, 15) is 9.59 Å². The molecule has 9 nitrogen and oxygen atoms in total. The molecule has 0 aliphatic carbocycles. The summed E-state index contributed by atoms with van der Waals surface area (Å²) < 4.78 is 5.02. The number of nitrogens with two attached hydrogens (primary N) is 2. The van der Waals surface area contributed by atoms with Crippen LogP contribution in [-0.2, 0) is 20.9 Å². The van der Waals surface area contributed by atoms with E-state index in [0.29, 0.717) is 0 Å². The number of benzene rings is 1. The molecule has 0 aliphatic heterocycles. The summed E-state index contributed by atoms with van der Waals surface area (Å²) in [6, 6.07) is 8.46. The van der Waals surface area contributed by atoms with Gasteiger partial charge in [0.25, 0.3) is 0 Å². The quantitative estimate of drug-likeness (QED) is 0.501. The first-order valence-corrected chi connectivity index (χ1v) is 7.40. The fourth-order valence-corrected chi connectivity index (χ4v) is 1.84. The number of aromatic nitrogens is 3. The van der Waals surface area contributed by atoms with Crippen molar-refractivity contribution in [2.45, 2.75) is 19.6 Å². The van der Waals surface area contributed by atoms with Crippen LogP contribution in [-0.4, -0.2) is 32.9 Å². The molecule has 1 amide bonds. The van der Waals surface area contributed by atoms with Gasteiger partial charge < -0.3 is 21.5 Å². The topological polar surface area (TPSA) is 146 Å². The van der Waals surface area contributed by atoms with E-state index in [4.69, 9.17) is 16.2 Å². The number of hydrogen-bond acceptors (Lipinski definition) is 8. The van der Waals surface area contributed by atoms with Crippen molar-refractivity contribution in [2.75, 3.05) is 11.5 Å². The first kappa shape index (κ1) is 17.9. The molecule has 0 unspecified atom stereocenters. The standard InChI is InChI=1S/C16H18N6O3/c1-10(19-13(23)8-7-11-5-3-2-4-6-11)14(24)25-9-12-20-15(17)22-16(18)21-12/h2-8,10H,9H2,1H3,(H,19,23)(H4,17,18,20,21,22)/b8-7+/t10-/m0/s1. The Bertz CT molecular complexity index is 758. The molecule has 0 radical (unpaired) electrons. The monoisotopic (exact) mass is 342 g/mol. The number of esters is 1. The molecule has 0 saturated carbocycles. The van der Waals surface area contributed by atoms with Crippen molar-refractivity contribution >= 4 is 29.8 Å². The van der Waals surface area contributed by atoms with Crippen LogP contribution in [0.5, 0.6) is 0 Å². The molecule has 25 heavy (non-hydrogen) atoms. The first-order valence-electron chi connectivity index (χ1n) is 7.40. The van der Waals surface area contributed by atoms with Gasteiger partial charge in [-0.1, -0.05) is 30.3 Å². The minimum Gasteiger partial charge on any atom is -0.456 e. The number of amides is 1. The van der Waals surface area contributed by atoms with Crippen LogP contribution in [0, 0.1) is 0 Å². The van der Waals surface area contributed by atoms with E-state index in [2.05, 4.69) is 20.3 Å². The summed E-state index contributed by atoms with van der Waals surface area (Å²) in [5, 5.41) is 2.51. The maximum atomic E-state index is 11.9. The zero-order valence-corrected chi connectivity index (χ0v) is 13.5. The van der Waals surface area contributed by atoms with Crippen LogP contribution in [0.3, 0.4) is 0 Å². The summed E-state index contributed by atoms with van der Waals surface area (Å²) in [7, 11) is 0. The van der Waals surface area contributed by atoms with Crippen LogP contribution in [0.4, 0.5) is 11.9 Å². The Morgan fingerprint density at radius 3 is 2.44 bits per heavy atom. The van der Waals surface area contributed by atoms with E-state index >= 15 is 0 Å². The van der Waals surface area contributed by atoms with Crippen molar-refractivity contribution < 1.29 is 14.3 Å². The van der Waals surface area contributed by atoms with Gasteiger partial charge in [-0.15, -0.1) is 0 Å². The second kappa shape index (κ2) is 8.39. The van der Waals surface area contributed by atoms with E-state index in [1.807, 2.05) is 30.3 Å². The fourth-order valence-electron chi connectivity index (χ4n) is 1.84. The third kappa shape index (κ3) is 5.90. The molecular formula is C16H18N6O3. The molecule has 1 aromatic carbocycles. The molecule has 0 spiro atoms. The predicted molar refractivity (Wildman–Crippen MR) is 91.5 cm³/mol. The van der Waals surface area contributed by atoms with Gasteiger partial charge in [0.1, 0.15) is 6.04 Å². The summed E-state index contributed by atoms with van der Waals surface area (Å²) >= 11 is 0. The van der Waals surface area contributed by atoms with Gasteiger partial charge in [0.15, 0.2) is 12.4 Å². The molecule has 0 fully saturated rings. The molecular weight excluding hydrogens is 324 g/mol. The highest BCUT2D eigenvalue weighted by molar-refractivity contribution is 5.94. The average molecular weight is 342 g/mol. The molecule has 1 heterocycles. The summed E-state index contributed by atoms with van der Waals surface area (Å²) in [6.45, 7) is 1.28. The van der Waals surface area contributed by atoms with Gasteiger partial charge in [0.2, 0.25) is 17.8 Å². The molecule has 130 valence electrons. The van der Waals surface area contributed by atoms with Crippen molar-refractivity contribution in [1.82, 2.24) is 20.3 Å². The highest BCUT2D eigenvalue weighted by Gasteiger charge is 2.16. The van der Waals surface area contributed by atoms with Crippen LogP contribution >= 0.6 is 0 Å². The van der Waals surface area contributed by atoms with Gasteiger partial charge >= 0.3 is 5.97 Å². The smallest absolute Gasteiger partial charge is 0.328 e. The zero-order valence-electron chi connectivity index (χ0n) is 13.5. The predicted octanol–water partition coefficient (Wildman–Crippen LogP) is 0.297. The Kier molecular flexibility index (Phi) is 5.99. The Balaban J connectivity index is 1.83. The van der Waals surface area contributed by atoms with Gasteiger partial charge in [-0.3, -0.25) is 4.79 Å². The lowest BCUT2D eigenvalue weighted by molar-refractivity contribution is -0.148. The second-order valence-electron chi connectivity index (χ2n) is 5.05. The number of nitrogens with zero attached hydrogens (tertiary/aromatic N) is 3. The van der Waals surface area contributed by atoms with Crippen LogP contribution in [0.2, 0.25) is 0 Å². The molecule has 1 atom stereocenters. The maximum Gasteiger partial charge on any atom is 0.328 e. The Morgan fingerprint density at radius 1 is 1.16 bits per heavy atom. The number of rotatable bonds is 6. The van der Waals surface area contributed by atoms with Crippen LogP contribution in [0.1, 0.15) is 18.3 Å². The zero-order chi connectivity index (χ0) is 18.2. The van der Waals surface area contributed by atoms with E-state index in [1.165, 1.54) is 13.0 Å². The lowest BCUT2D eigenvalue weighted by Crippen LogP contribution is -2.38. The highest BCUT2D eigenvalue weighted by atomic mass is 16.5. The van der Waals surface area contributed by atoms with E-state index in [0.717, 1.165) is 5.56 Å². The number of carbonyl (C=O) groups is 2. The fraction of sp³-hybridized carbons (Fsp3) is 0.188. The van der Waals surface area contributed by atoms with Crippen LogP contribution < -0.4 is 16.8 Å². The molecule has 5 N–H and O–H groups in total. The van der Waals surface area contributed by atoms with Gasteiger partial charge in [0.05, 0.1) is 0 Å². The minimum atomic E-state index is -0.843. The number of hydrogen-bond donors (Lipinski definition) is 3. The molecule has 1 aromatic heterocycles. The van der Waals surface area contributed by atoms with Gasteiger partial charge in [0, 0.05) is 6.08 Å². The molecule has 2 aromatic rings. The Hall–Kier alpha value is -3.49. The average Bonchev–Trinajstić information content (AvgIpc) is 2.58. The number of ether oxygens (including phenoxy) is 1. The number of nitrogen functional groups attached to an aromatic ring is 2. The maximum absolute atomic E-state index is 11.9. The van der Waals surface area contributed by atoms with Crippen LogP contribution in [0.25, 0.3) is 6.08 Å². The summed E-state index contributed by atoms with van der Waals surface area (Å²) in [5.74, 6) is -1.06. The van der Waals surface area contributed by atoms with Crippen molar-refractivity contribution in [3.05, 3.63) is 47.8 Å². The first-order chi connectivity index (χ1) is 11.9. The Labute approximate surface area is 144 Å². The van der Waals surface area contributed by atoms with Gasteiger partial charge in [-0.25, -0.2) is 4.79 Å². The molecule has 0 bridgehead atoms. The van der Waals surface area contributed by atoms with E-state index in [1.54, 1.807) is 6.08 Å². The normalized spacial score (nSPS) is 11.9. The van der Waals surface area contributed by atoms with Gasteiger partial charge in [-0.05, 0) is 18.6 Å². The van der Waals surface area contributed by atoms with Crippen molar-refractivity contribution in [1.29, 1.82) is 0 Å². The third-order valence-corrected chi connectivity index (χ3v) is 3.00. The molecule has 0 aliphatic rings. The van der Waals surface area contributed by atoms with E-state index < -0.39 is 17.9 Å². The van der Waals surface area contributed by atoms with E-state index in [-0.39, 0.29) is 24.3 Å². The lowest BCUT2D eigenvalue weighted by atomic mass is 10.2. The Morgan fingerprint density at radius 2 is 1.80 bits per heavy atom. The minimum absolute atomic E-state index is 0.0639. The lowest BCUT2D eigenvalue weighted by Gasteiger charge is -2.11. The second-order valence-corrected chi connectivity index (χ2v) is 5.05. The molecule has 0 saturated heterocycles. The largest absolute Gasteiger partial charge is 0.456 e. The van der Waals surface area contributed by atoms with Crippen LogP contribution in [0.15, 0.2) is 36.4 Å². The summed E-state index contributed by atoms with van der Waals surface area (Å²) in [5.41, 5.74) is 11.7. The summed E-state index contributed by atoms with van der Waals surface area (Å²) in [6.07, 6.45) is 2.98.